The number of aromatic hydroxyl groups is 15. The summed E-state index contributed by atoms with van der Waals surface area (Å²) >= 11 is 0. The molecule has 25 nitrogen and oxygen atoms in total. The van der Waals surface area contributed by atoms with Gasteiger partial charge in [-0.3, -0.25) is 29.5 Å². The van der Waals surface area contributed by atoms with Gasteiger partial charge >= 0.3 is 11.4 Å². The van der Waals surface area contributed by atoms with Gasteiger partial charge < -0.3 is 85.8 Å². The van der Waals surface area contributed by atoms with Crippen molar-refractivity contribution in [2.45, 2.75) is 26.2 Å². The Bertz CT molecular complexity index is 3880. The number of aromatic nitrogens is 4. The van der Waals surface area contributed by atoms with Crippen molar-refractivity contribution in [2.24, 2.45) is 0 Å². The predicted molar refractivity (Wildman–Crippen MR) is 291 cm³/mol. The molecule has 0 spiro atoms. The largest absolute Gasteiger partial charge is 0.508 e. The van der Waals surface area contributed by atoms with E-state index >= 15 is 0 Å². The van der Waals surface area contributed by atoms with E-state index in [1.807, 2.05) is 11.1 Å². The molecule has 0 aliphatic heterocycles. The smallest absolute Gasteiger partial charge is 0.327 e. The number of H-pyrrole nitrogens is 4. The number of hydrogen-bond donors (Lipinski definition) is 19. The molecule has 10 aromatic rings. The molecule has 0 radical (unpaired) electrons. The lowest BCUT2D eigenvalue weighted by Crippen LogP contribution is -2.21. The van der Waals surface area contributed by atoms with Crippen molar-refractivity contribution in [3.05, 3.63) is 187 Å². The molecule has 25 heteroatoms. The zero-order chi connectivity index (χ0) is 59.6. The Morgan fingerprint density at radius 1 is 0.425 bits per heavy atom. The minimum Gasteiger partial charge on any atom is -0.508 e. The van der Waals surface area contributed by atoms with Crippen molar-refractivity contribution in [2.75, 3.05) is 7.11 Å². The van der Waals surface area contributed by atoms with E-state index in [0.29, 0.717) is 5.56 Å². The molecule has 3 aromatic heterocycles. The van der Waals surface area contributed by atoms with E-state index in [1.165, 1.54) is 116 Å². The van der Waals surface area contributed by atoms with Crippen LogP contribution in [-0.4, -0.2) is 104 Å². The summed E-state index contributed by atoms with van der Waals surface area (Å²) in [6, 6.07) is 32.0. The highest BCUT2D eigenvalue weighted by molar-refractivity contribution is 5.88. The third-order valence-corrected chi connectivity index (χ3v) is 10.1. The molecular formula is C55H54N4O21. The van der Waals surface area contributed by atoms with Crippen LogP contribution >= 0.6 is 0 Å². The van der Waals surface area contributed by atoms with E-state index in [2.05, 4.69) is 35.7 Å². The lowest BCUT2D eigenvalue weighted by molar-refractivity contribution is 0.368. The van der Waals surface area contributed by atoms with Crippen molar-refractivity contribution in [3.8, 4) is 103 Å². The van der Waals surface area contributed by atoms with Gasteiger partial charge in [-0.05, 0) is 108 Å². The lowest BCUT2D eigenvalue weighted by Gasteiger charge is -2.19. The summed E-state index contributed by atoms with van der Waals surface area (Å²) in [5, 5.41) is 135. The Hall–Kier alpha value is -11.5. The molecule has 0 saturated heterocycles. The first-order valence-corrected chi connectivity index (χ1v) is 22.8. The summed E-state index contributed by atoms with van der Waals surface area (Å²) < 4.78 is 10.1. The SMILES string of the molecule is CC(C)(C)c1ccc(O)c(O)c1.COc1cc(O)ccc1O.O=c1[nH]c(=O)c2[nH]c(=O)[nH]c2[nH]1.O=c1c(O)c(-c2ccc(O)cc2)oc2cc(O)cc(O)c12.Oc1ccc(O)c(O)c1.Oc1ccc(O)cc1.Oc1cccc(O)c1. The summed E-state index contributed by atoms with van der Waals surface area (Å²) in [5.41, 5.74) is -1.13. The van der Waals surface area contributed by atoms with Gasteiger partial charge in [-0.1, -0.05) is 32.9 Å². The fraction of sp³-hybridized carbons (Fsp3) is 0.0909. The van der Waals surface area contributed by atoms with Crippen LogP contribution in [-0.2, 0) is 5.41 Å². The van der Waals surface area contributed by atoms with Crippen molar-refractivity contribution in [3.63, 3.8) is 0 Å². The highest BCUT2D eigenvalue weighted by Gasteiger charge is 2.19. The van der Waals surface area contributed by atoms with E-state index in [0.717, 1.165) is 17.7 Å². The number of nitrogens with one attached hydrogen (secondary N) is 4. The fourth-order valence-corrected chi connectivity index (χ4v) is 6.16. The number of methoxy groups -OCH3 is 1. The van der Waals surface area contributed by atoms with Crippen LogP contribution in [0.25, 0.3) is 33.5 Å². The second kappa shape index (κ2) is 27.3. The molecule has 0 atom stereocenters. The number of benzene rings is 7. The molecule has 10 rings (SSSR count). The standard InChI is InChI=1S/C15H10O6.C10H14O2.C7H8O3.C6H6O3.2C6H6O2.C5H4N4O3/c16-8-3-1-7(2-4-8)15-14(20)13(19)12-10(18)5-9(17)6-11(12)21-15;1-10(2,3)7-4-5-8(11)9(12)6-7;1-10-7-4-5(8)2-3-6(7)9;7-4-1-2-5(8)6(9)3-4;7-5-1-2-6(8)4-3-5;7-5-2-1-3-6(8)4-5;10-3-1-2(7-4(11)6-1)8-5(12)9-3/h1-6,16-18,20H;4-6,11-12H,1-3H3;2-4,8-9H,1H3;1-3,7-9H;2*1-4,7-8H;(H4,6,7,8,9,10,11,12). The highest BCUT2D eigenvalue weighted by atomic mass is 16.5. The highest BCUT2D eigenvalue weighted by Crippen LogP contribution is 2.36. The maximum Gasteiger partial charge on any atom is 0.327 e. The Balaban J connectivity index is 0.000000207. The summed E-state index contributed by atoms with van der Waals surface area (Å²) in [4.78, 5) is 53.1. The van der Waals surface area contributed by atoms with E-state index in [9.17, 15) is 44.7 Å². The summed E-state index contributed by atoms with van der Waals surface area (Å²) in [6.07, 6.45) is 0. The predicted octanol–water partition coefficient (Wildman–Crippen LogP) is 7.02. The number of ether oxygens (including phenoxy) is 1. The molecule has 0 bridgehead atoms. The Labute approximate surface area is 449 Å². The first kappa shape index (κ1) is 61.1. The van der Waals surface area contributed by atoms with Crippen LogP contribution in [0, 0.1) is 0 Å². The number of phenols is 14. The number of imidazole rings is 1. The third kappa shape index (κ3) is 18.1. The van der Waals surface area contributed by atoms with Crippen molar-refractivity contribution in [1.82, 2.24) is 19.9 Å². The molecule has 0 saturated carbocycles. The minimum atomic E-state index is -0.808. The van der Waals surface area contributed by atoms with E-state index in [-0.39, 0.29) is 114 Å². The minimum absolute atomic E-state index is 0.00514. The number of rotatable bonds is 2. The molecule has 3 heterocycles. The van der Waals surface area contributed by atoms with Gasteiger partial charge in [-0.25, -0.2) is 9.59 Å². The Kier molecular flexibility index (Phi) is 20.9. The first-order chi connectivity index (χ1) is 37.6. The van der Waals surface area contributed by atoms with Crippen LogP contribution in [0.1, 0.15) is 26.3 Å². The van der Waals surface area contributed by atoms with E-state index < -0.39 is 33.9 Å². The van der Waals surface area contributed by atoms with Gasteiger partial charge in [0.2, 0.25) is 11.2 Å². The molecule has 19 N–H and O–H groups in total. The maximum atomic E-state index is 12.1. The average molecular weight is 1110 g/mol. The number of hydrogen-bond acceptors (Lipinski definition) is 21. The number of fused-ring (bicyclic) bond motifs is 2. The van der Waals surface area contributed by atoms with Gasteiger partial charge in [0.05, 0.1) is 7.11 Å². The monoisotopic (exact) mass is 1110 g/mol. The first-order valence-electron chi connectivity index (χ1n) is 22.8. The second-order valence-electron chi connectivity index (χ2n) is 17.3. The van der Waals surface area contributed by atoms with Gasteiger partial charge in [-0.2, -0.15) is 0 Å². The van der Waals surface area contributed by atoms with Crippen molar-refractivity contribution in [1.29, 1.82) is 0 Å². The molecule has 0 amide bonds. The molecule has 0 fully saturated rings. The molecular weight excluding hydrogens is 1050 g/mol. The maximum absolute atomic E-state index is 12.1. The van der Waals surface area contributed by atoms with Crippen LogP contribution in [0.5, 0.6) is 92.0 Å². The van der Waals surface area contributed by atoms with Crippen LogP contribution < -0.4 is 27.1 Å². The van der Waals surface area contributed by atoms with Gasteiger partial charge in [-0.15, -0.1) is 0 Å². The Morgan fingerprint density at radius 2 is 0.875 bits per heavy atom. The van der Waals surface area contributed by atoms with Crippen LogP contribution in [0.4, 0.5) is 0 Å². The molecule has 7 aromatic carbocycles. The lowest BCUT2D eigenvalue weighted by atomic mass is 9.87. The van der Waals surface area contributed by atoms with Gasteiger partial charge in [0.1, 0.15) is 73.9 Å². The molecule has 0 unspecified atom stereocenters. The van der Waals surface area contributed by atoms with Crippen LogP contribution in [0.2, 0.25) is 0 Å². The molecule has 0 aliphatic rings. The van der Waals surface area contributed by atoms with Crippen LogP contribution in [0.3, 0.4) is 0 Å². The summed E-state index contributed by atoms with van der Waals surface area (Å²) in [7, 11) is 1.43. The van der Waals surface area contributed by atoms with Crippen molar-refractivity contribution < 1.29 is 85.8 Å². The molecule has 0 aliphatic carbocycles. The third-order valence-electron chi connectivity index (χ3n) is 10.1. The zero-order valence-corrected chi connectivity index (χ0v) is 42.4. The molecule has 420 valence electrons. The van der Waals surface area contributed by atoms with E-state index in [4.69, 9.17) is 60.2 Å². The van der Waals surface area contributed by atoms with E-state index in [1.54, 1.807) is 12.1 Å². The quantitative estimate of drug-likeness (QED) is 0.0610. The van der Waals surface area contributed by atoms with Gasteiger partial charge in [0.15, 0.2) is 40.3 Å². The molecule has 80 heavy (non-hydrogen) atoms. The average Bonchev–Trinajstić information content (AvgIpc) is 3.83. The number of aromatic amines is 4. The second-order valence-corrected chi connectivity index (χ2v) is 17.3. The van der Waals surface area contributed by atoms with Crippen molar-refractivity contribution >= 4 is 22.1 Å². The van der Waals surface area contributed by atoms with Gasteiger partial charge in [0, 0.05) is 35.9 Å². The fourth-order valence-electron chi connectivity index (χ4n) is 6.16. The summed E-state index contributed by atoms with van der Waals surface area (Å²) in [6.45, 7) is 6.16. The Morgan fingerprint density at radius 3 is 1.34 bits per heavy atom. The van der Waals surface area contributed by atoms with Crippen LogP contribution in [0.15, 0.2) is 163 Å². The zero-order valence-electron chi connectivity index (χ0n) is 42.4. The topological polar surface area (TPSA) is 457 Å². The normalized spacial score (nSPS) is 10.2. The van der Waals surface area contributed by atoms with Gasteiger partial charge in [0.25, 0.3) is 5.56 Å². The summed E-state index contributed by atoms with van der Waals surface area (Å²) in [5.74, 6) is -1.32. The number of phenolic OH excluding ortho intramolecular Hbond substituents is 14.